The average Bonchev–Trinajstić information content (AvgIpc) is 2.61. The van der Waals surface area contributed by atoms with Gasteiger partial charge in [-0.15, -0.1) is 0 Å². The van der Waals surface area contributed by atoms with Gasteiger partial charge in [-0.3, -0.25) is 10.1 Å². The summed E-state index contributed by atoms with van der Waals surface area (Å²) in [4.78, 5) is 10.1. The molecule has 1 atom stereocenters. The molecule has 0 aliphatic heterocycles. The van der Waals surface area contributed by atoms with Crippen LogP contribution in [0.3, 0.4) is 0 Å². The highest BCUT2D eigenvalue weighted by molar-refractivity contribution is 7.89. The van der Waals surface area contributed by atoms with Crippen LogP contribution >= 0.6 is 0 Å². The van der Waals surface area contributed by atoms with Gasteiger partial charge in [-0.2, -0.15) is 0 Å². The standard InChI is InChI=1S/C18H20N2O4S/c1-13(15-10-9-14-5-2-3-6-16(14)11-15)19-25(23,24)18-8-4-7-17(12-18)20(21)22/h4,7-13,19H,2-3,5-6H2,1H3/t13-/m0/s1. The van der Waals surface area contributed by atoms with E-state index in [4.69, 9.17) is 0 Å². The molecule has 0 saturated carbocycles. The van der Waals surface area contributed by atoms with Gasteiger partial charge in [0, 0.05) is 18.2 Å². The average molecular weight is 360 g/mol. The van der Waals surface area contributed by atoms with Crippen LogP contribution in [0.25, 0.3) is 0 Å². The van der Waals surface area contributed by atoms with Crippen LogP contribution in [0.2, 0.25) is 0 Å². The Kier molecular flexibility index (Phi) is 4.87. The van der Waals surface area contributed by atoms with Crippen LogP contribution in [0.5, 0.6) is 0 Å². The predicted molar refractivity (Wildman–Crippen MR) is 94.9 cm³/mol. The molecule has 0 unspecified atom stereocenters. The topological polar surface area (TPSA) is 89.3 Å². The quantitative estimate of drug-likeness (QED) is 0.653. The summed E-state index contributed by atoms with van der Waals surface area (Å²) >= 11 is 0. The second-order valence-electron chi connectivity index (χ2n) is 6.33. The first kappa shape index (κ1) is 17.6. The number of nitro benzene ring substituents is 1. The number of nitrogens with zero attached hydrogens (tertiary/aromatic N) is 1. The number of hydrogen-bond donors (Lipinski definition) is 1. The van der Waals surface area contributed by atoms with E-state index < -0.39 is 21.0 Å². The van der Waals surface area contributed by atoms with Gasteiger partial charge >= 0.3 is 0 Å². The number of rotatable bonds is 5. The minimum atomic E-state index is -3.84. The zero-order valence-corrected chi connectivity index (χ0v) is 14.8. The van der Waals surface area contributed by atoms with Gasteiger partial charge in [0.2, 0.25) is 10.0 Å². The lowest BCUT2D eigenvalue weighted by atomic mass is 9.89. The zero-order chi connectivity index (χ0) is 18.0. The molecule has 25 heavy (non-hydrogen) atoms. The number of non-ortho nitro benzene ring substituents is 1. The Morgan fingerprint density at radius 1 is 1.08 bits per heavy atom. The Bertz CT molecular complexity index is 909. The van der Waals surface area contributed by atoms with Crippen molar-refractivity contribution in [1.82, 2.24) is 4.72 Å². The molecular formula is C18H20N2O4S. The number of aryl methyl sites for hydroxylation is 2. The van der Waals surface area contributed by atoms with Crippen LogP contribution in [-0.2, 0) is 22.9 Å². The molecule has 0 amide bonds. The summed E-state index contributed by atoms with van der Waals surface area (Å²) in [7, 11) is -3.84. The van der Waals surface area contributed by atoms with Crippen molar-refractivity contribution in [3.05, 3.63) is 69.3 Å². The first-order valence-corrected chi connectivity index (χ1v) is 9.73. The van der Waals surface area contributed by atoms with Crippen molar-refractivity contribution in [3.8, 4) is 0 Å². The van der Waals surface area contributed by atoms with E-state index in [1.807, 2.05) is 6.07 Å². The van der Waals surface area contributed by atoms with Gasteiger partial charge in [0.15, 0.2) is 0 Å². The highest BCUT2D eigenvalue weighted by Crippen LogP contribution is 2.26. The summed E-state index contributed by atoms with van der Waals surface area (Å²) in [6.07, 6.45) is 4.45. The van der Waals surface area contributed by atoms with E-state index in [2.05, 4.69) is 16.9 Å². The summed E-state index contributed by atoms with van der Waals surface area (Å²) in [6, 6.07) is 10.7. The summed E-state index contributed by atoms with van der Waals surface area (Å²) in [5, 5.41) is 10.9. The number of benzene rings is 2. The van der Waals surface area contributed by atoms with E-state index in [1.165, 1.54) is 35.7 Å². The van der Waals surface area contributed by atoms with Crippen LogP contribution in [0.1, 0.15) is 42.5 Å². The fourth-order valence-electron chi connectivity index (χ4n) is 3.16. The van der Waals surface area contributed by atoms with Crippen molar-refractivity contribution in [2.24, 2.45) is 0 Å². The Balaban J connectivity index is 1.83. The molecule has 1 aliphatic carbocycles. The van der Waals surface area contributed by atoms with Gasteiger partial charge in [-0.05, 0) is 55.4 Å². The molecule has 0 bridgehead atoms. The van der Waals surface area contributed by atoms with E-state index in [-0.39, 0.29) is 10.6 Å². The second-order valence-corrected chi connectivity index (χ2v) is 8.05. The fourth-order valence-corrected chi connectivity index (χ4v) is 4.43. The number of nitrogens with one attached hydrogen (secondary N) is 1. The Labute approximate surface area is 147 Å². The Morgan fingerprint density at radius 3 is 2.52 bits per heavy atom. The molecule has 2 aromatic carbocycles. The summed E-state index contributed by atoms with van der Waals surface area (Å²) in [5.74, 6) is 0. The van der Waals surface area contributed by atoms with Crippen molar-refractivity contribution in [3.63, 3.8) is 0 Å². The first-order valence-electron chi connectivity index (χ1n) is 8.25. The lowest BCUT2D eigenvalue weighted by Gasteiger charge is -2.20. The minimum Gasteiger partial charge on any atom is -0.258 e. The van der Waals surface area contributed by atoms with Gasteiger partial charge in [0.25, 0.3) is 5.69 Å². The smallest absolute Gasteiger partial charge is 0.258 e. The molecular weight excluding hydrogens is 340 g/mol. The molecule has 0 radical (unpaired) electrons. The highest BCUT2D eigenvalue weighted by Gasteiger charge is 2.21. The van der Waals surface area contributed by atoms with E-state index in [0.717, 1.165) is 30.9 Å². The second kappa shape index (κ2) is 6.93. The zero-order valence-electron chi connectivity index (χ0n) is 13.9. The van der Waals surface area contributed by atoms with E-state index in [9.17, 15) is 18.5 Å². The molecule has 0 aromatic heterocycles. The fraction of sp³-hybridized carbons (Fsp3) is 0.333. The highest BCUT2D eigenvalue weighted by atomic mass is 32.2. The number of sulfonamides is 1. The molecule has 3 rings (SSSR count). The summed E-state index contributed by atoms with van der Waals surface area (Å²) < 4.78 is 27.7. The lowest BCUT2D eigenvalue weighted by Crippen LogP contribution is -2.27. The Morgan fingerprint density at radius 2 is 1.80 bits per heavy atom. The van der Waals surface area contributed by atoms with Crippen LogP contribution in [-0.4, -0.2) is 13.3 Å². The van der Waals surface area contributed by atoms with Crippen LogP contribution in [0.4, 0.5) is 5.69 Å². The predicted octanol–water partition coefficient (Wildman–Crippen LogP) is 3.51. The summed E-state index contributed by atoms with van der Waals surface area (Å²) in [5.41, 5.74) is 3.27. The van der Waals surface area contributed by atoms with Crippen LogP contribution in [0.15, 0.2) is 47.4 Å². The molecule has 6 nitrogen and oxygen atoms in total. The first-order chi connectivity index (χ1) is 11.9. The third-order valence-corrected chi connectivity index (χ3v) is 6.08. The van der Waals surface area contributed by atoms with Crippen molar-refractivity contribution >= 4 is 15.7 Å². The minimum absolute atomic E-state index is 0.105. The number of fused-ring (bicyclic) bond motifs is 1. The van der Waals surface area contributed by atoms with Gasteiger partial charge in [-0.25, -0.2) is 13.1 Å². The maximum Gasteiger partial charge on any atom is 0.270 e. The maximum atomic E-state index is 12.5. The number of hydrogen-bond acceptors (Lipinski definition) is 4. The normalized spacial score (nSPS) is 15.4. The monoisotopic (exact) mass is 360 g/mol. The van der Waals surface area contributed by atoms with E-state index in [0.29, 0.717) is 0 Å². The molecule has 1 aliphatic rings. The van der Waals surface area contributed by atoms with Crippen molar-refractivity contribution in [1.29, 1.82) is 0 Å². The molecule has 1 N–H and O–H groups in total. The van der Waals surface area contributed by atoms with Crippen molar-refractivity contribution < 1.29 is 13.3 Å². The third kappa shape index (κ3) is 3.88. The summed E-state index contributed by atoms with van der Waals surface area (Å²) in [6.45, 7) is 1.78. The van der Waals surface area contributed by atoms with E-state index >= 15 is 0 Å². The van der Waals surface area contributed by atoms with Gasteiger partial charge in [0.1, 0.15) is 0 Å². The SMILES string of the molecule is C[C@H](NS(=O)(=O)c1cccc([N+](=O)[O-])c1)c1ccc2c(c1)CCCC2. The molecule has 2 aromatic rings. The largest absolute Gasteiger partial charge is 0.270 e. The number of nitro groups is 1. The molecule has 0 heterocycles. The van der Waals surface area contributed by atoms with Crippen LogP contribution in [0, 0.1) is 10.1 Å². The lowest BCUT2D eigenvalue weighted by molar-refractivity contribution is -0.385. The Hall–Kier alpha value is -2.25. The van der Waals surface area contributed by atoms with Gasteiger partial charge < -0.3 is 0 Å². The van der Waals surface area contributed by atoms with E-state index in [1.54, 1.807) is 6.92 Å². The van der Waals surface area contributed by atoms with Crippen molar-refractivity contribution in [2.45, 2.75) is 43.5 Å². The molecule has 0 fully saturated rings. The molecule has 0 saturated heterocycles. The van der Waals surface area contributed by atoms with Crippen LogP contribution < -0.4 is 4.72 Å². The molecule has 7 heteroatoms. The maximum absolute atomic E-state index is 12.5. The molecule has 0 spiro atoms. The van der Waals surface area contributed by atoms with Gasteiger partial charge in [-0.1, -0.05) is 24.3 Å². The van der Waals surface area contributed by atoms with Gasteiger partial charge in [0.05, 0.1) is 9.82 Å². The van der Waals surface area contributed by atoms with Crippen molar-refractivity contribution in [2.75, 3.05) is 0 Å². The molecule has 132 valence electrons. The third-order valence-electron chi connectivity index (χ3n) is 4.54.